The standard InChI is InChI=1S/C22H26N5O3/c1-25-15-16-26(18-25)14-4-2-3-5-17-30-22-12-8-20(9-13-22)24-23-19-6-10-21(11-7-19)27(28)29/h6-13,15-16,18H,2-5,14,17H2,1H3/q+1. The normalized spacial score (nSPS) is 11.1. The van der Waals surface area contributed by atoms with Crippen LogP contribution < -0.4 is 9.30 Å². The highest BCUT2D eigenvalue weighted by atomic mass is 16.6. The van der Waals surface area contributed by atoms with Crippen molar-refractivity contribution < 1.29 is 14.2 Å². The third-order valence-electron chi connectivity index (χ3n) is 4.58. The topological polar surface area (TPSA) is 85.9 Å². The number of aromatic nitrogens is 2. The lowest BCUT2D eigenvalue weighted by molar-refractivity contribution is -0.671. The molecule has 0 saturated heterocycles. The molecule has 8 nitrogen and oxygen atoms in total. The molecular weight excluding hydrogens is 382 g/mol. The lowest BCUT2D eigenvalue weighted by Crippen LogP contribution is -2.23. The van der Waals surface area contributed by atoms with Gasteiger partial charge in [0.25, 0.3) is 5.69 Å². The van der Waals surface area contributed by atoms with Gasteiger partial charge in [0.1, 0.15) is 18.1 Å². The molecule has 3 aromatic rings. The molecule has 3 rings (SSSR count). The van der Waals surface area contributed by atoms with Crippen LogP contribution in [0.15, 0.2) is 77.5 Å². The molecule has 30 heavy (non-hydrogen) atoms. The fraction of sp³-hybridized carbons (Fsp3) is 0.318. The number of unbranched alkanes of at least 4 members (excludes halogenated alkanes) is 3. The van der Waals surface area contributed by atoms with Crippen LogP contribution in [0.5, 0.6) is 5.75 Å². The van der Waals surface area contributed by atoms with Gasteiger partial charge >= 0.3 is 0 Å². The van der Waals surface area contributed by atoms with Crippen molar-refractivity contribution in [1.82, 2.24) is 4.57 Å². The fourth-order valence-electron chi connectivity index (χ4n) is 2.94. The summed E-state index contributed by atoms with van der Waals surface area (Å²) in [7, 11) is 2.03. The van der Waals surface area contributed by atoms with E-state index in [1.165, 1.54) is 25.0 Å². The predicted octanol–water partition coefficient (Wildman–Crippen LogP) is 5.28. The minimum atomic E-state index is -0.441. The number of hydrogen-bond donors (Lipinski definition) is 0. The third-order valence-corrected chi connectivity index (χ3v) is 4.58. The van der Waals surface area contributed by atoms with Crippen LogP contribution in [0.2, 0.25) is 0 Å². The van der Waals surface area contributed by atoms with Crippen LogP contribution in [0.25, 0.3) is 0 Å². The molecule has 1 heterocycles. The van der Waals surface area contributed by atoms with Gasteiger partial charge in [0, 0.05) is 12.1 Å². The van der Waals surface area contributed by atoms with Gasteiger partial charge < -0.3 is 4.74 Å². The zero-order valence-corrected chi connectivity index (χ0v) is 17.1. The number of azo groups is 1. The second-order valence-corrected chi connectivity index (χ2v) is 7.05. The summed E-state index contributed by atoms with van der Waals surface area (Å²) >= 11 is 0. The highest BCUT2D eigenvalue weighted by molar-refractivity contribution is 5.45. The molecule has 8 heteroatoms. The summed E-state index contributed by atoms with van der Waals surface area (Å²) in [5.74, 6) is 0.809. The maximum Gasteiger partial charge on any atom is 0.269 e. The average Bonchev–Trinajstić information content (AvgIpc) is 3.17. The highest BCUT2D eigenvalue weighted by Crippen LogP contribution is 2.23. The molecule has 0 spiro atoms. The molecule has 0 saturated carbocycles. The average molecular weight is 408 g/mol. The Hall–Kier alpha value is -3.55. The second-order valence-electron chi connectivity index (χ2n) is 7.05. The first kappa shape index (κ1) is 21.2. The quantitative estimate of drug-likeness (QED) is 0.142. The van der Waals surface area contributed by atoms with Crippen LogP contribution in [0, 0.1) is 10.1 Å². The predicted molar refractivity (Wildman–Crippen MR) is 113 cm³/mol. The number of ether oxygens (including phenoxy) is 1. The molecule has 0 unspecified atom stereocenters. The number of rotatable bonds is 11. The van der Waals surface area contributed by atoms with Crippen LogP contribution in [0.3, 0.4) is 0 Å². The van der Waals surface area contributed by atoms with Gasteiger partial charge in [0.05, 0.1) is 36.5 Å². The van der Waals surface area contributed by atoms with E-state index < -0.39 is 4.92 Å². The monoisotopic (exact) mass is 408 g/mol. The molecule has 0 radical (unpaired) electrons. The van der Waals surface area contributed by atoms with Crippen molar-refractivity contribution in [1.29, 1.82) is 0 Å². The smallest absolute Gasteiger partial charge is 0.269 e. The first-order chi connectivity index (χ1) is 14.6. The summed E-state index contributed by atoms with van der Waals surface area (Å²) in [5.41, 5.74) is 1.29. The first-order valence-electron chi connectivity index (χ1n) is 10.0. The number of nitrogens with zero attached hydrogens (tertiary/aromatic N) is 5. The second kappa shape index (κ2) is 10.8. The van der Waals surface area contributed by atoms with Crippen molar-refractivity contribution >= 4 is 17.1 Å². The number of imidazole rings is 1. The van der Waals surface area contributed by atoms with E-state index in [1.54, 1.807) is 12.1 Å². The molecule has 0 fully saturated rings. The molecule has 156 valence electrons. The molecule has 2 aromatic carbocycles. The Morgan fingerprint density at radius 1 is 0.967 bits per heavy atom. The maximum absolute atomic E-state index is 10.7. The lowest BCUT2D eigenvalue weighted by Gasteiger charge is -2.06. The van der Waals surface area contributed by atoms with E-state index in [9.17, 15) is 10.1 Å². The third kappa shape index (κ3) is 6.80. The van der Waals surface area contributed by atoms with Gasteiger partial charge in [-0.15, -0.1) is 0 Å². The molecule has 0 N–H and O–H groups in total. The highest BCUT2D eigenvalue weighted by Gasteiger charge is 2.03. The molecule has 0 amide bonds. The van der Waals surface area contributed by atoms with Gasteiger partial charge in [0.15, 0.2) is 0 Å². The van der Waals surface area contributed by atoms with Gasteiger partial charge in [-0.25, -0.2) is 9.13 Å². The van der Waals surface area contributed by atoms with Crippen molar-refractivity contribution in [3.05, 3.63) is 77.4 Å². The van der Waals surface area contributed by atoms with Gasteiger partial charge in [0.2, 0.25) is 6.33 Å². The summed E-state index contributed by atoms with van der Waals surface area (Å²) in [5, 5.41) is 18.9. The zero-order valence-electron chi connectivity index (χ0n) is 17.1. The van der Waals surface area contributed by atoms with E-state index in [0.29, 0.717) is 18.0 Å². The summed E-state index contributed by atoms with van der Waals surface area (Å²) in [6, 6.07) is 13.4. The Kier molecular flexibility index (Phi) is 7.65. The van der Waals surface area contributed by atoms with Crippen LogP contribution in [0.4, 0.5) is 17.1 Å². The van der Waals surface area contributed by atoms with E-state index in [1.807, 2.05) is 31.3 Å². The van der Waals surface area contributed by atoms with Crippen molar-refractivity contribution in [2.24, 2.45) is 17.3 Å². The Balaban J connectivity index is 1.33. The van der Waals surface area contributed by atoms with Crippen molar-refractivity contribution in [2.45, 2.75) is 32.2 Å². The maximum atomic E-state index is 10.7. The van der Waals surface area contributed by atoms with E-state index in [-0.39, 0.29) is 5.69 Å². The summed E-state index contributed by atoms with van der Waals surface area (Å²) in [6.45, 7) is 1.75. The van der Waals surface area contributed by atoms with Gasteiger partial charge in [-0.3, -0.25) is 10.1 Å². The van der Waals surface area contributed by atoms with E-state index >= 15 is 0 Å². The summed E-state index contributed by atoms with van der Waals surface area (Å²) < 4.78 is 10.0. The number of non-ortho nitro benzene ring substituents is 1. The van der Waals surface area contributed by atoms with Gasteiger partial charge in [-0.05, 0) is 62.1 Å². The van der Waals surface area contributed by atoms with Crippen LogP contribution in [0.1, 0.15) is 25.7 Å². The van der Waals surface area contributed by atoms with Crippen molar-refractivity contribution in [2.75, 3.05) is 6.61 Å². The molecule has 0 atom stereocenters. The number of nitro groups is 1. The molecule has 0 bridgehead atoms. The summed E-state index contributed by atoms with van der Waals surface area (Å²) in [6.07, 6.45) is 10.8. The van der Waals surface area contributed by atoms with Crippen molar-refractivity contribution in [3.8, 4) is 5.75 Å². The number of hydrogen-bond acceptors (Lipinski definition) is 5. The van der Waals surface area contributed by atoms with Crippen molar-refractivity contribution in [3.63, 3.8) is 0 Å². The van der Waals surface area contributed by atoms with Gasteiger partial charge in [-0.1, -0.05) is 0 Å². The van der Waals surface area contributed by atoms with E-state index in [4.69, 9.17) is 4.74 Å². The molecule has 0 aliphatic carbocycles. The minimum Gasteiger partial charge on any atom is -0.494 e. The molecular formula is C22H26N5O3+. The Bertz CT molecular complexity index is 965. The zero-order chi connectivity index (χ0) is 21.2. The SMILES string of the molecule is C[n+]1ccn(CCCCCCOc2ccc(N=Nc3ccc([N+](=O)[O-])cc3)cc2)c1. The Labute approximate surface area is 175 Å². The molecule has 1 aromatic heterocycles. The Morgan fingerprint density at radius 2 is 1.60 bits per heavy atom. The fourth-order valence-corrected chi connectivity index (χ4v) is 2.94. The van der Waals surface area contributed by atoms with Crippen LogP contribution in [-0.2, 0) is 13.6 Å². The molecule has 0 aliphatic heterocycles. The number of benzene rings is 2. The van der Waals surface area contributed by atoms with Crippen LogP contribution in [-0.4, -0.2) is 16.1 Å². The summed E-state index contributed by atoms with van der Waals surface area (Å²) in [4.78, 5) is 10.2. The number of nitro benzene ring substituents is 1. The number of aryl methyl sites for hydroxylation is 2. The van der Waals surface area contributed by atoms with E-state index in [2.05, 4.69) is 38.1 Å². The minimum absolute atomic E-state index is 0.0329. The largest absolute Gasteiger partial charge is 0.494 e. The molecule has 0 aliphatic rings. The van der Waals surface area contributed by atoms with E-state index in [0.717, 1.165) is 25.1 Å². The van der Waals surface area contributed by atoms with Crippen LogP contribution >= 0.6 is 0 Å². The van der Waals surface area contributed by atoms with Gasteiger partial charge in [-0.2, -0.15) is 10.2 Å². The Morgan fingerprint density at radius 3 is 2.20 bits per heavy atom. The first-order valence-corrected chi connectivity index (χ1v) is 10.0. The lowest BCUT2D eigenvalue weighted by atomic mass is 10.2.